The standard InChI is InChI=1S/C27H21N5O4/c28-25(34)21-10-9-18(14-30-21)24-17(7-3-13-29-24)6-1-4-16-5-2-8-19-20(16)15-32(27(19)36)22-11-12-23(33)31-26(22)35/h2-3,5,7-10,13-14,22H,6,11-12,15H2,(H2,28,34)(H,31,33,35). The molecule has 4 amide bonds. The Morgan fingerprint density at radius 3 is 2.72 bits per heavy atom. The number of pyridine rings is 2. The molecule has 9 heteroatoms. The first-order valence-electron chi connectivity index (χ1n) is 11.4. The summed E-state index contributed by atoms with van der Waals surface area (Å²) in [6.07, 6.45) is 4.14. The van der Waals surface area contributed by atoms with Gasteiger partial charge in [-0.15, -0.1) is 0 Å². The molecule has 5 rings (SSSR count). The van der Waals surface area contributed by atoms with Crippen molar-refractivity contribution < 1.29 is 19.2 Å². The van der Waals surface area contributed by atoms with Crippen LogP contribution in [0, 0.1) is 11.8 Å². The Morgan fingerprint density at radius 2 is 1.97 bits per heavy atom. The number of fused-ring (bicyclic) bond motifs is 1. The monoisotopic (exact) mass is 479 g/mol. The molecule has 1 fully saturated rings. The van der Waals surface area contributed by atoms with E-state index in [2.05, 4.69) is 27.1 Å². The Hall–Kier alpha value is -4.84. The van der Waals surface area contributed by atoms with E-state index in [0.717, 1.165) is 16.7 Å². The number of carbonyl (C=O) groups is 4. The lowest BCUT2D eigenvalue weighted by atomic mass is 10.0. The van der Waals surface area contributed by atoms with Gasteiger partial charge in [-0.3, -0.25) is 34.5 Å². The van der Waals surface area contributed by atoms with Crippen molar-refractivity contribution in [3.63, 3.8) is 0 Å². The third-order valence-corrected chi connectivity index (χ3v) is 6.26. The largest absolute Gasteiger partial charge is 0.364 e. The summed E-state index contributed by atoms with van der Waals surface area (Å²) in [5, 5.41) is 2.31. The smallest absolute Gasteiger partial charge is 0.267 e. The third-order valence-electron chi connectivity index (χ3n) is 6.26. The Bertz CT molecular complexity index is 1470. The number of carbonyl (C=O) groups excluding carboxylic acids is 4. The van der Waals surface area contributed by atoms with E-state index in [9.17, 15) is 19.2 Å². The van der Waals surface area contributed by atoms with E-state index in [1.807, 2.05) is 18.2 Å². The summed E-state index contributed by atoms with van der Waals surface area (Å²) in [5.41, 5.74) is 9.78. The second kappa shape index (κ2) is 9.43. The summed E-state index contributed by atoms with van der Waals surface area (Å²) >= 11 is 0. The highest BCUT2D eigenvalue weighted by Gasteiger charge is 2.39. The van der Waals surface area contributed by atoms with Crippen LogP contribution in [-0.2, 0) is 22.6 Å². The van der Waals surface area contributed by atoms with Gasteiger partial charge in [-0.1, -0.05) is 24.0 Å². The number of rotatable bonds is 4. The van der Waals surface area contributed by atoms with E-state index in [4.69, 9.17) is 5.73 Å². The van der Waals surface area contributed by atoms with Gasteiger partial charge in [-0.2, -0.15) is 0 Å². The Kier molecular flexibility index (Phi) is 6.00. The number of nitrogens with zero attached hydrogens (tertiary/aromatic N) is 3. The first kappa shape index (κ1) is 22.9. The van der Waals surface area contributed by atoms with Gasteiger partial charge in [0.2, 0.25) is 11.8 Å². The summed E-state index contributed by atoms with van der Waals surface area (Å²) in [4.78, 5) is 58.2. The molecule has 1 atom stereocenters. The van der Waals surface area contributed by atoms with Crippen LogP contribution in [0.3, 0.4) is 0 Å². The van der Waals surface area contributed by atoms with Crippen molar-refractivity contribution in [2.24, 2.45) is 5.73 Å². The molecule has 178 valence electrons. The zero-order valence-corrected chi connectivity index (χ0v) is 19.2. The van der Waals surface area contributed by atoms with Gasteiger partial charge < -0.3 is 10.6 Å². The highest BCUT2D eigenvalue weighted by atomic mass is 16.2. The minimum Gasteiger partial charge on any atom is -0.364 e. The molecule has 2 aliphatic rings. The number of imide groups is 1. The highest BCUT2D eigenvalue weighted by Crippen LogP contribution is 2.29. The van der Waals surface area contributed by atoms with Crippen LogP contribution in [0.15, 0.2) is 54.9 Å². The first-order valence-corrected chi connectivity index (χ1v) is 11.4. The summed E-state index contributed by atoms with van der Waals surface area (Å²) in [7, 11) is 0. The summed E-state index contributed by atoms with van der Waals surface area (Å²) in [6, 6.07) is 11.7. The maximum atomic E-state index is 13.0. The van der Waals surface area contributed by atoms with Gasteiger partial charge in [0.15, 0.2) is 0 Å². The van der Waals surface area contributed by atoms with Crippen molar-refractivity contribution in [1.29, 1.82) is 0 Å². The molecule has 1 unspecified atom stereocenters. The van der Waals surface area contributed by atoms with Gasteiger partial charge in [-0.25, -0.2) is 0 Å². The number of hydrogen-bond acceptors (Lipinski definition) is 6. The van der Waals surface area contributed by atoms with E-state index in [1.165, 1.54) is 4.90 Å². The lowest BCUT2D eigenvalue weighted by Gasteiger charge is -2.29. The van der Waals surface area contributed by atoms with Crippen LogP contribution in [0.4, 0.5) is 0 Å². The van der Waals surface area contributed by atoms with Gasteiger partial charge >= 0.3 is 0 Å². The van der Waals surface area contributed by atoms with Crippen molar-refractivity contribution in [3.8, 4) is 23.1 Å². The molecule has 2 aromatic heterocycles. The number of benzene rings is 1. The van der Waals surface area contributed by atoms with Gasteiger partial charge in [0.1, 0.15) is 11.7 Å². The minimum absolute atomic E-state index is 0.176. The number of amides is 4. The third kappa shape index (κ3) is 4.32. The van der Waals surface area contributed by atoms with E-state index in [0.29, 0.717) is 29.7 Å². The lowest BCUT2D eigenvalue weighted by molar-refractivity contribution is -0.136. The van der Waals surface area contributed by atoms with E-state index < -0.39 is 17.9 Å². The topological polar surface area (TPSA) is 135 Å². The van der Waals surface area contributed by atoms with Crippen LogP contribution in [0.25, 0.3) is 11.3 Å². The number of primary amides is 1. The minimum atomic E-state index is -0.670. The molecule has 36 heavy (non-hydrogen) atoms. The molecular formula is C27H21N5O4. The van der Waals surface area contributed by atoms with E-state index >= 15 is 0 Å². The average molecular weight is 479 g/mol. The van der Waals surface area contributed by atoms with Gasteiger partial charge in [0.25, 0.3) is 11.8 Å². The predicted octanol–water partition coefficient (Wildman–Crippen LogP) is 1.60. The molecule has 0 aliphatic carbocycles. The van der Waals surface area contributed by atoms with Crippen LogP contribution in [-0.4, -0.2) is 44.5 Å². The normalized spacial score (nSPS) is 16.7. The molecular weight excluding hydrogens is 458 g/mol. The van der Waals surface area contributed by atoms with Crippen molar-refractivity contribution in [1.82, 2.24) is 20.2 Å². The molecule has 1 saturated heterocycles. The Balaban J connectivity index is 1.37. The maximum Gasteiger partial charge on any atom is 0.267 e. The zero-order chi connectivity index (χ0) is 25.2. The van der Waals surface area contributed by atoms with Crippen molar-refractivity contribution in [3.05, 3.63) is 82.8 Å². The first-order chi connectivity index (χ1) is 17.4. The predicted molar refractivity (Wildman–Crippen MR) is 129 cm³/mol. The van der Waals surface area contributed by atoms with Crippen LogP contribution in [0.5, 0.6) is 0 Å². The fraction of sp³-hybridized carbons (Fsp3) is 0.185. The fourth-order valence-corrected chi connectivity index (χ4v) is 4.46. The molecule has 4 heterocycles. The quantitative estimate of drug-likeness (QED) is 0.431. The molecule has 0 bridgehead atoms. The zero-order valence-electron chi connectivity index (χ0n) is 19.2. The summed E-state index contributed by atoms with van der Waals surface area (Å²) in [6.45, 7) is 0.265. The molecule has 0 saturated carbocycles. The number of aromatic nitrogens is 2. The molecule has 0 spiro atoms. The molecule has 2 aliphatic heterocycles. The van der Waals surface area contributed by atoms with Crippen LogP contribution in [0.1, 0.15) is 50.4 Å². The van der Waals surface area contributed by atoms with E-state index in [1.54, 1.807) is 36.7 Å². The SMILES string of the molecule is NC(=O)c1ccc(-c2ncccc2CC#Cc2cccc3c2CN(C2CCC(=O)NC2=O)C3=O)cn1. The molecule has 3 N–H and O–H groups in total. The van der Waals surface area contributed by atoms with Gasteiger partial charge in [-0.05, 0) is 47.9 Å². The number of nitrogens with two attached hydrogens (primary N) is 1. The molecule has 3 aromatic rings. The molecule has 9 nitrogen and oxygen atoms in total. The number of piperidine rings is 1. The number of hydrogen-bond donors (Lipinski definition) is 2. The van der Waals surface area contributed by atoms with Gasteiger partial charge in [0.05, 0.1) is 5.69 Å². The van der Waals surface area contributed by atoms with Crippen LogP contribution in [0.2, 0.25) is 0 Å². The highest BCUT2D eigenvalue weighted by molar-refractivity contribution is 6.05. The summed E-state index contributed by atoms with van der Waals surface area (Å²) < 4.78 is 0. The van der Waals surface area contributed by atoms with E-state index in [-0.39, 0.29) is 30.5 Å². The maximum absolute atomic E-state index is 13.0. The molecule has 1 aromatic carbocycles. The Morgan fingerprint density at radius 1 is 1.11 bits per heavy atom. The van der Waals surface area contributed by atoms with Crippen molar-refractivity contribution >= 4 is 23.6 Å². The number of nitrogens with one attached hydrogen (secondary N) is 1. The van der Waals surface area contributed by atoms with Crippen molar-refractivity contribution in [2.45, 2.75) is 31.8 Å². The average Bonchev–Trinajstić information content (AvgIpc) is 3.21. The Labute approximate surface area is 206 Å². The second-order valence-corrected chi connectivity index (χ2v) is 8.52. The van der Waals surface area contributed by atoms with Gasteiger partial charge in [0, 0.05) is 48.5 Å². The fourth-order valence-electron chi connectivity index (χ4n) is 4.46. The summed E-state index contributed by atoms with van der Waals surface area (Å²) in [5.74, 6) is 4.75. The lowest BCUT2D eigenvalue weighted by Crippen LogP contribution is -2.52. The van der Waals surface area contributed by atoms with Crippen LogP contribution < -0.4 is 11.1 Å². The van der Waals surface area contributed by atoms with Crippen LogP contribution >= 0.6 is 0 Å². The second-order valence-electron chi connectivity index (χ2n) is 8.52. The molecule has 0 radical (unpaired) electrons. The van der Waals surface area contributed by atoms with Crippen molar-refractivity contribution in [2.75, 3.05) is 0 Å².